The van der Waals surface area contributed by atoms with Crippen molar-refractivity contribution >= 4 is 5.91 Å². The number of rotatable bonds is 4. The minimum Gasteiger partial charge on any atom is -0.377 e. The van der Waals surface area contributed by atoms with Gasteiger partial charge in [-0.15, -0.1) is 0 Å². The van der Waals surface area contributed by atoms with Crippen LogP contribution in [0, 0.1) is 0 Å². The highest BCUT2D eigenvalue weighted by Crippen LogP contribution is 2.00. The number of carbonyl (C=O) groups is 1. The van der Waals surface area contributed by atoms with Crippen molar-refractivity contribution in [1.82, 2.24) is 9.80 Å². The minimum atomic E-state index is 0.214. The molecule has 0 saturated carbocycles. The fourth-order valence-electron chi connectivity index (χ4n) is 1.46. The van der Waals surface area contributed by atoms with E-state index in [1.807, 2.05) is 30.7 Å². The lowest BCUT2D eigenvalue weighted by atomic mass is 10.3. The fraction of sp³-hybridized carbons (Fsp3) is 0.900. The highest BCUT2D eigenvalue weighted by Gasteiger charge is 2.20. The molecule has 0 atom stereocenters. The molecule has 1 rings (SSSR count). The van der Waals surface area contributed by atoms with Crippen LogP contribution < -0.4 is 0 Å². The quantitative estimate of drug-likeness (QED) is 0.649. The Labute approximate surface area is 85.8 Å². The number of nitrogens with zero attached hydrogens (tertiary/aromatic N) is 2. The molecule has 0 spiro atoms. The van der Waals surface area contributed by atoms with Gasteiger partial charge in [0.15, 0.2) is 0 Å². The second-order valence-corrected chi connectivity index (χ2v) is 4.04. The summed E-state index contributed by atoms with van der Waals surface area (Å²) < 4.78 is 5.41. The van der Waals surface area contributed by atoms with Crippen molar-refractivity contribution in [3.63, 3.8) is 0 Å². The van der Waals surface area contributed by atoms with Gasteiger partial charge >= 0.3 is 0 Å². The second-order valence-electron chi connectivity index (χ2n) is 4.04. The van der Waals surface area contributed by atoms with Gasteiger partial charge in [0.25, 0.3) is 0 Å². The topological polar surface area (TPSA) is 32.8 Å². The smallest absolute Gasteiger partial charge is 0.236 e. The molecule has 0 aromatic heterocycles. The first-order chi connectivity index (χ1) is 6.59. The second kappa shape index (κ2) is 5.32. The zero-order valence-electron chi connectivity index (χ0n) is 9.32. The summed E-state index contributed by atoms with van der Waals surface area (Å²) in [4.78, 5) is 15.4. The molecule has 0 aliphatic carbocycles. The van der Waals surface area contributed by atoms with E-state index in [9.17, 15) is 4.79 Å². The van der Waals surface area contributed by atoms with Crippen LogP contribution in [0.2, 0.25) is 0 Å². The van der Waals surface area contributed by atoms with E-state index in [2.05, 4.69) is 0 Å². The predicted octanol–water partition coefficient (Wildman–Crippen LogP) is 0.185. The number of ether oxygens (including phenoxy) is 1. The van der Waals surface area contributed by atoms with Crippen LogP contribution in [0.15, 0.2) is 0 Å². The standard InChI is InChI=1S/C10H20N2O2/c1-9(2)14-7-6-12-5-4-11(3)8-10(12)13/h9H,4-8H2,1-3H3. The molecule has 14 heavy (non-hydrogen) atoms. The van der Waals surface area contributed by atoms with Gasteiger partial charge in [0, 0.05) is 19.6 Å². The van der Waals surface area contributed by atoms with Crippen molar-refractivity contribution in [3.8, 4) is 0 Å². The van der Waals surface area contributed by atoms with Crippen molar-refractivity contribution in [2.45, 2.75) is 20.0 Å². The van der Waals surface area contributed by atoms with Crippen LogP contribution in [-0.2, 0) is 9.53 Å². The number of hydrogen-bond acceptors (Lipinski definition) is 3. The summed E-state index contributed by atoms with van der Waals surface area (Å²) in [6.07, 6.45) is 0.248. The summed E-state index contributed by atoms with van der Waals surface area (Å²) in [5.74, 6) is 0.214. The molecule has 0 radical (unpaired) electrons. The fourth-order valence-corrected chi connectivity index (χ4v) is 1.46. The van der Waals surface area contributed by atoms with Gasteiger partial charge in [0.2, 0.25) is 5.91 Å². The van der Waals surface area contributed by atoms with E-state index in [1.54, 1.807) is 0 Å². The zero-order chi connectivity index (χ0) is 10.6. The third kappa shape index (κ3) is 3.64. The molecule has 0 N–H and O–H groups in total. The van der Waals surface area contributed by atoms with Gasteiger partial charge < -0.3 is 9.64 Å². The van der Waals surface area contributed by atoms with Gasteiger partial charge in [0.1, 0.15) is 0 Å². The number of carbonyl (C=O) groups excluding carboxylic acids is 1. The highest BCUT2D eigenvalue weighted by atomic mass is 16.5. The van der Waals surface area contributed by atoms with Crippen LogP contribution in [0.25, 0.3) is 0 Å². The SMILES string of the molecule is CC(C)OCCN1CCN(C)CC1=O. The molecule has 0 bridgehead atoms. The third-order valence-corrected chi connectivity index (χ3v) is 2.32. The summed E-state index contributed by atoms with van der Waals surface area (Å²) in [6, 6.07) is 0. The molecule has 4 heteroatoms. The van der Waals surface area contributed by atoms with Crippen LogP contribution >= 0.6 is 0 Å². The Bertz CT molecular complexity index is 195. The Balaban J connectivity index is 2.21. The van der Waals surface area contributed by atoms with E-state index in [0.29, 0.717) is 13.2 Å². The normalized spacial score (nSPS) is 19.4. The first kappa shape index (κ1) is 11.5. The van der Waals surface area contributed by atoms with Crippen LogP contribution in [0.5, 0.6) is 0 Å². The van der Waals surface area contributed by atoms with Gasteiger partial charge in [-0.05, 0) is 20.9 Å². The molecular formula is C10H20N2O2. The van der Waals surface area contributed by atoms with Crippen LogP contribution in [0.3, 0.4) is 0 Å². The Morgan fingerprint density at radius 3 is 2.71 bits per heavy atom. The van der Waals surface area contributed by atoms with Gasteiger partial charge in [-0.2, -0.15) is 0 Å². The Morgan fingerprint density at radius 2 is 2.14 bits per heavy atom. The summed E-state index contributed by atoms with van der Waals surface area (Å²) in [5.41, 5.74) is 0. The van der Waals surface area contributed by atoms with Gasteiger partial charge in [-0.25, -0.2) is 0 Å². The summed E-state index contributed by atoms with van der Waals surface area (Å²) in [6.45, 7) is 7.72. The number of piperazine rings is 1. The van der Waals surface area contributed by atoms with E-state index >= 15 is 0 Å². The van der Waals surface area contributed by atoms with Crippen LogP contribution in [0.1, 0.15) is 13.8 Å². The summed E-state index contributed by atoms with van der Waals surface area (Å²) in [7, 11) is 1.97. The number of amides is 1. The average Bonchev–Trinajstić information content (AvgIpc) is 2.08. The monoisotopic (exact) mass is 200 g/mol. The van der Waals surface area contributed by atoms with Crippen molar-refractivity contribution in [1.29, 1.82) is 0 Å². The molecule has 82 valence electrons. The molecule has 0 aromatic carbocycles. The molecule has 0 aromatic rings. The highest BCUT2D eigenvalue weighted by molar-refractivity contribution is 5.78. The minimum absolute atomic E-state index is 0.214. The lowest BCUT2D eigenvalue weighted by molar-refractivity contribution is -0.136. The molecule has 4 nitrogen and oxygen atoms in total. The molecule has 1 saturated heterocycles. The Hall–Kier alpha value is -0.610. The Kier molecular flexibility index (Phi) is 4.35. The average molecular weight is 200 g/mol. The molecule has 1 amide bonds. The molecule has 1 fully saturated rings. The summed E-state index contributed by atoms with van der Waals surface area (Å²) in [5, 5.41) is 0. The largest absolute Gasteiger partial charge is 0.377 e. The predicted molar refractivity (Wildman–Crippen MR) is 55.2 cm³/mol. The molecule has 1 aliphatic rings. The van der Waals surface area contributed by atoms with Crippen molar-refractivity contribution < 1.29 is 9.53 Å². The van der Waals surface area contributed by atoms with E-state index in [4.69, 9.17) is 4.74 Å². The van der Waals surface area contributed by atoms with E-state index < -0.39 is 0 Å². The van der Waals surface area contributed by atoms with Crippen molar-refractivity contribution in [2.24, 2.45) is 0 Å². The first-order valence-corrected chi connectivity index (χ1v) is 5.17. The molecule has 1 heterocycles. The maximum absolute atomic E-state index is 11.5. The number of hydrogen-bond donors (Lipinski definition) is 0. The van der Waals surface area contributed by atoms with E-state index in [1.165, 1.54) is 0 Å². The van der Waals surface area contributed by atoms with Crippen molar-refractivity contribution in [3.05, 3.63) is 0 Å². The van der Waals surface area contributed by atoms with Gasteiger partial charge in [0.05, 0.1) is 19.3 Å². The van der Waals surface area contributed by atoms with Crippen molar-refractivity contribution in [2.75, 3.05) is 39.8 Å². The first-order valence-electron chi connectivity index (χ1n) is 5.17. The van der Waals surface area contributed by atoms with E-state index in [0.717, 1.165) is 19.6 Å². The lowest BCUT2D eigenvalue weighted by Crippen LogP contribution is -2.49. The third-order valence-electron chi connectivity index (χ3n) is 2.32. The van der Waals surface area contributed by atoms with Crippen LogP contribution in [-0.4, -0.2) is 61.6 Å². The van der Waals surface area contributed by atoms with Gasteiger partial charge in [-0.1, -0.05) is 0 Å². The maximum atomic E-state index is 11.5. The summed E-state index contributed by atoms with van der Waals surface area (Å²) >= 11 is 0. The number of likely N-dealkylation sites (N-methyl/N-ethyl adjacent to an activating group) is 1. The lowest BCUT2D eigenvalue weighted by Gasteiger charge is -2.32. The molecule has 0 unspecified atom stereocenters. The zero-order valence-corrected chi connectivity index (χ0v) is 9.32. The molecular weight excluding hydrogens is 180 g/mol. The molecule has 1 aliphatic heterocycles. The maximum Gasteiger partial charge on any atom is 0.236 e. The Morgan fingerprint density at radius 1 is 1.43 bits per heavy atom. The van der Waals surface area contributed by atoms with Gasteiger partial charge in [-0.3, -0.25) is 9.69 Å². The van der Waals surface area contributed by atoms with Crippen LogP contribution in [0.4, 0.5) is 0 Å². The van der Waals surface area contributed by atoms with E-state index in [-0.39, 0.29) is 12.0 Å².